The minimum atomic E-state index is -0.0536. The van der Waals surface area contributed by atoms with Crippen molar-refractivity contribution < 1.29 is 4.39 Å². The first-order chi connectivity index (χ1) is 7.12. The van der Waals surface area contributed by atoms with E-state index in [-0.39, 0.29) is 18.2 Å². The Hall–Kier alpha value is -0.600. The number of hydrogen-bond donors (Lipinski definition) is 0. The summed E-state index contributed by atoms with van der Waals surface area (Å²) in [5.74, 6) is 0.715. The van der Waals surface area contributed by atoms with Crippen LogP contribution in [0.4, 0.5) is 4.39 Å². The molecule has 1 saturated carbocycles. The highest BCUT2D eigenvalue weighted by Gasteiger charge is 2.59. The molecule has 1 aromatic rings. The summed E-state index contributed by atoms with van der Waals surface area (Å²) in [6.07, 6.45) is 1.25. The van der Waals surface area contributed by atoms with Crippen molar-refractivity contribution in [2.45, 2.75) is 18.8 Å². The van der Waals surface area contributed by atoms with Crippen molar-refractivity contribution >= 4 is 12.4 Å². The zero-order valence-corrected chi connectivity index (χ0v) is 10.5. The van der Waals surface area contributed by atoms with Gasteiger partial charge >= 0.3 is 0 Å². The van der Waals surface area contributed by atoms with Crippen LogP contribution in [0.5, 0.6) is 0 Å². The van der Waals surface area contributed by atoms with Gasteiger partial charge in [0.2, 0.25) is 0 Å². The normalized spacial score (nSPS) is 32.1. The predicted octanol–water partition coefficient (Wildman–Crippen LogP) is 2.76. The molecule has 2 atom stereocenters. The van der Waals surface area contributed by atoms with Gasteiger partial charge in [-0.2, -0.15) is 0 Å². The summed E-state index contributed by atoms with van der Waals surface area (Å²) in [5.41, 5.74) is 2.25. The highest BCUT2D eigenvalue weighted by Crippen LogP contribution is 2.58. The molecule has 0 radical (unpaired) electrons. The summed E-state index contributed by atoms with van der Waals surface area (Å²) in [7, 11) is 2.15. The maximum atomic E-state index is 13.5. The monoisotopic (exact) mass is 241 g/mol. The molecule has 0 spiro atoms. The van der Waals surface area contributed by atoms with Crippen molar-refractivity contribution in [1.82, 2.24) is 4.90 Å². The maximum Gasteiger partial charge on any atom is 0.126 e. The molecule has 2 aliphatic rings. The van der Waals surface area contributed by atoms with Crippen LogP contribution >= 0.6 is 12.4 Å². The molecule has 1 nitrogen and oxygen atoms in total. The highest BCUT2D eigenvalue weighted by molar-refractivity contribution is 5.85. The molecule has 1 aromatic carbocycles. The second-order valence-electron chi connectivity index (χ2n) is 5.22. The van der Waals surface area contributed by atoms with Crippen LogP contribution in [-0.4, -0.2) is 25.0 Å². The predicted molar refractivity (Wildman–Crippen MR) is 65.7 cm³/mol. The zero-order chi connectivity index (χ0) is 10.6. The summed E-state index contributed by atoms with van der Waals surface area (Å²) in [6, 6.07) is 5.76. The number of hydrogen-bond acceptors (Lipinski definition) is 1. The number of benzene rings is 1. The summed E-state index contributed by atoms with van der Waals surface area (Å²) in [4.78, 5) is 2.35. The Bertz CT molecular complexity index is 420. The van der Waals surface area contributed by atoms with Crippen molar-refractivity contribution in [2.24, 2.45) is 5.92 Å². The number of piperidine rings is 1. The molecule has 1 aliphatic heterocycles. The van der Waals surface area contributed by atoms with Crippen LogP contribution < -0.4 is 0 Å². The molecule has 2 fully saturated rings. The molecule has 3 rings (SSSR count). The van der Waals surface area contributed by atoms with E-state index in [2.05, 4.69) is 18.0 Å². The van der Waals surface area contributed by atoms with Gasteiger partial charge in [0, 0.05) is 18.5 Å². The fraction of sp³-hybridized carbons (Fsp3) is 0.538. The Balaban J connectivity index is 0.000000963. The topological polar surface area (TPSA) is 3.24 Å². The van der Waals surface area contributed by atoms with Crippen molar-refractivity contribution in [1.29, 1.82) is 0 Å². The highest BCUT2D eigenvalue weighted by atomic mass is 35.5. The molecule has 1 aliphatic carbocycles. The fourth-order valence-electron chi connectivity index (χ4n) is 3.08. The third-order valence-electron chi connectivity index (χ3n) is 4.06. The Morgan fingerprint density at radius 2 is 2.19 bits per heavy atom. The molecule has 0 unspecified atom stereocenters. The molecule has 16 heavy (non-hydrogen) atoms. The van der Waals surface area contributed by atoms with Crippen molar-refractivity contribution in [3.63, 3.8) is 0 Å². The molecule has 0 bridgehead atoms. The number of likely N-dealkylation sites (N-methyl/N-ethyl adjacent to an activating group) is 1. The van der Waals surface area contributed by atoms with E-state index < -0.39 is 0 Å². The van der Waals surface area contributed by atoms with Crippen molar-refractivity contribution in [2.75, 3.05) is 20.1 Å². The van der Waals surface area contributed by atoms with E-state index in [4.69, 9.17) is 0 Å². The molecule has 0 aromatic heterocycles. The first-order valence-electron chi connectivity index (χ1n) is 5.57. The van der Waals surface area contributed by atoms with E-state index in [0.29, 0.717) is 5.41 Å². The largest absolute Gasteiger partial charge is 0.305 e. The van der Waals surface area contributed by atoms with E-state index in [1.54, 1.807) is 6.07 Å². The second kappa shape index (κ2) is 3.71. The van der Waals surface area contributed by atoms with Gasteiger partial charge in [0.25, 0.3) is 0 Å². The molecule has 88 valence electrons. The third kappa shape index (κ3) is 1.56. The smallest absolute Gasteiger partial charge is 0.126 e. The van der Waals surface area contributed by atoms with E-state index in [0.717, 1.165) is 18.0 Å². The third-order valence-corrected chi connectivity index (χ3v) is 4.06. The van der Waals surface area contributed by atoms with Gasteiger partial charge in [-0.1, -0.05) is 12.1 Å². The number of halogens is 2. The molecule has 0 N–H and O–H groups in total. The average molecular weight is 242 g/mol. The average Bonchev–Trinajstić information content (AvgIpc) is 2.75. The van der Waals surface area contributed by atoms with Crippen LogP contribution in [0.2, 0.25) is 0 Å². The molecule has 1 heterocycles. The van der Waals surface area contributed by atoms with Crippen LogP contribution in [0.15, 0.2) is 18.2 Å². The molecule has 0 amide bonds. The standard InChI is InChI=1S/C13H16FN.ClH/c1-9-3-4-10(5-12(9)14)13-6-11(13)7-15(2)8-13;/h3-5,11H,6-8H2,1-2H3;1H/t11-,13+;/m1./s1. The van der Waals surface area contributed by atoms with Gasteiger partial charge < -0.3 is 4.90 Å². The maximum absolute atomic E-state index is 13.5. The molecular formula is C13H17ClFN. The van der Waals surface area contributed by atoms with Crippen LogP contribution in [-0.2, 0) is 5.41 Å². The van der Waals surface area contributed by atoms with Crippen LogP contribution in [0.25, 0.3) is 0 Å². The van der Waals surface area contributed by atoms with E-state index in [9.17, 15) is 4.39 Å². The summed E-state index contributed by atoms with van der Waals surface area (Å²) in [6.45, 7) is 4.09. The van der Waals surface area contributed by atoms with Gasteiger partial charge in [0.05, 0.1) is 0 Å². The van der Waals surface area contributed by atoms with Gasteiger partial charge in [0.15, 0.2) is 0 Å². The van der Waals surface area contributed by atoms with Gasteiger partial charge in [-0.15, -0.1) is 12.4 Å². The summed E-state index contributed by atoms with van der Waals surface area (Å²) < 4.78 is 13.5. The Morgan fingerprint density at radius 3 is 2.75 bits per heavy atom. The number of likely N-dealkylation sites (tertiary alicyclic amines) is 1. The zero-order valence-electron chi connectivity index (χ0n) is 9.66. The SMILES string of the molecule is Cc1ccc([C@@]23C[C@@H]2CN(C)C3)cc1F.Cl. The van der Waals surface area contributed by atoms with Gasteiger partial charge in [-0.05, 0) is 43.5 Å². The van der Waals surface area contributed by atoms with Crippen LogP contribution in [0.3, 0.4) is 0 Å². The Kier molecular flexibility index (Phi) is 2.75. The van der Waals surface area contributed by atoms with Crippen LogP contribution in [0.1, 0.15) is 17.5 Å². The van der Waals surface area contributed by atoms with Gasteiger partial charge in [0.1, 0.15) is 5.82 Å². The van der Waals surface area contributed by atoms with Crippen LogP contribution in [0, 0.1) is 18.7 Å². The number of nitrogens with zero attached hydrogens (tertiary/aromatic N) is 1. The van der Waals surface area contributed by atoms with Crippen molar-refractivity contribution in [3.05, 3.63) is 35.1 Å². The van der Waals surface area contributed by atoms with E-state index in [1.807, 2.05) is 13.0 Å². The number of rotatable bonds is 1. The molecule has 3 heteroatoms. The molecular weight excluding hydrogens is 225 g/mol. The van der Waals surface area contributed by atoms with Gasteiger partial charge in [-0.25, -0.2) is 4.39 Å². The lowest BCUT2D eigenvalue weighted by Crippen LogP contribution is -2.22. The Morgan fingerprint density at radius 1 is 1.44 bits per heavy atom. The molecule has 1 saturated heterocycles. The Labute approximate surface area is 102 Å². The summed E-state index contributed by atoms with van der Waals surface area (Å²) in [5, 5.41) is 0. The lowest BCUT2D eigenvalue weighted by Gasteiger charge is -2.16. The number of aryl methyl sites for hydroxylation is 1. The van der Waals surface area contributed by atoms with Crippen molar-refractivity contribution in [3.8, 4) is 0 Å². The quantitative estimate of drug-likeness (QED) is 0.731. The van der Waals surface area contributed by atoms with Gasteiger partial charge in [-0.3, -0.25) is 0 Å². The minimum absolute atomic E-state index is 0. The second-order valence-corrected chi connectivity index (χ2v) is 5.22. The minimum Gasteiger partial charge on any atom is -0.305 e. The van der Waals surface area contributed by atoms with E-state index in [1.165, 1.54) is 18.5 Å². The fourth-order valence-corrected chi connectivity index (χ4v) is 3.08. The summed E-state index contributed by atoms with van der Waals surface area (Å²) >= 11 is 0. The first kappa shape index (κ1) is 11.9. The lowest BCUT2D eigenvalue weighted by atomic mass is 9.94. The van der Waals surface area contributed by atoms with E-state index >= 15 is 0 Å². The number of fused-ring (bicyclic) bond motifs is 1. The lowest BCUT2D eigenvalue weighted by molar-refractivity contribution is 0.363. The first-order valence-corrected chi connectivity index (χ1v) is 5.57.